The fourth-order valence-electron chi connectivity index (χ4n) is 3.09. The topological polar surface area (TPSA) is 58.6 Å². The van der Waals surface area contributed by atoms with Gasteiger partial charge >= 0.3 is 0 Å². The van der Waals surface area contributed by atoms with Crippen LogP contribution in [0.3, 0.4) is 0 Å². The van der Waals surface area contributed by atoms with Gasteiger partial charge in [-0.25, -0.2) is 4.39 Å². The number of ether oxygens (including phenoxy) is 1. The molecule has 0 heterocycles. The van der Waals surface area contributed by atoms with Crippen molar-refractivity contribution < 1.29 is 18.7 Å². The normalized spacial score (nSPS) is 11.8. The standard InChI is InChI=1S/C23H28BrFN2O3/c1-5-20(23(29)26-4)27(13-16-6-9-18(25)10-7-16)22(28)14-30-21-11-8-17(15(2)3)12-19(21)24/h6-12,15,20H,5,13-14H2,1-4H3,(H,26,29)/t20-/m1/s1. The van der Waals surface area contributed by atoms with Crippen molar-refractivity contribution in [3.8, 4) is 5.75 Å². The zero-order valence-electron chi connectivity index (χ0n) is 17.7. The minimum atomic E-state index is -0.650. The van der Waals surface area contributed by atoms with Crippen LogP contribution in [0.25, 0.3) is 0 Å². The van der Waals surface area contributed by atoms with Crippen molar-refractivity contribution in [3.63, 3.8) is 0 Å². The zero-order valence-corrected chi connectivity index (χ0v) is 19.3. The second-order valence-corrected chi connectivity index (χ2v) is 8.17. The molecular weight excluding hydrogens is 451 g/mol. The Bertz CT molecular complexity index is 871. The average molecular weight is 479 g/mol. The van der Waals surface area contributed by atoms with Gasteiger partial charge in [-0.2, -0.15) is 0 Å². The van der Waals surface area contributed by atoms with Gasteiger partial charge in [-0.3, -0.25) is 9.59 Å². The molecule has 0 fully saturated rings. The van der Waals surface area contributed by atoms with Crippen molar-refractivity contribution in [2.24, 2.45) is 0 Å². The number of nitrogens with one attached hydrogen (secondary N) is 1. The molecule has 0 aliphatic heterocycles. The summed E-state index contributed by atoms with van der Waals surface area (Å²) in [4.78, 5) is 26.9. The fraction of sp³-hybridized carbons (Fsp3) is 0.391. The van der Waals surface area contributed by atoms with Gasteiger partial charge in [0.05, 0.1) is 4.47 Å². The molecule has 0 aliphatic rings. The van der Waals surface area contributed by atoms with E-state index in [1.807, 2.05) is 25.1 Å². The number of benzene rings is 2. The van der Waals surface area contributed by atoms with E-state index in [0.717, 1.165) is 15.6 Å². The van der Waals surface area contributed by atoms with Crippen molar-refractivity contribution in [3.05, 3.63) is 63.9 Å². The Morgan fingerprint density at radius 1 is 1.17 bits per heavy atom. The molecule has 1 N–H and O–H groups in total. The number of nitrogens with zero attached hydrogens (tertiary/aromatic N) is 1. The maximum absolute atomic E-state index is 13.2. The zero-order chi connectivity index (χ0) is 22.3. The summed E-state index contributed by atoms with van der Waals surface area (Å²) >= 11 is 3.49. The number of hydrogen-bond acceptors (Lipinski definition) is 3. The number of carbonyl (C=O) groups is 2. The summed E-state index contributed by atoms with van der Waals surface area (Å²) in [6.07, 6.45) is 0.444. The predicted octanol–water partition coefficient (Wildman–Crippen LogP) is 4.64. The van der Waals surface area contributed by atoms with Gasteiger partial charge in [-0.05, 0) is 63.7 Å². The molecule has 162 valence electrons. The summed E-state index contributed by atoms with van der Waals surface area (Å²) in [5.41, 5.74) is 1.89. The first-order valence-electron chi connectivity index (χ1n) is 9.94. The lowest BCUT2D eigenvalue weighted by atomic mass is 10.0. The van der Waals surface area contributed by atoms with E-state index < -0.39 is 6.04 Å². The van der Waals surface area contributed by atoms with Crippen molar-refractivity contribution in [2.45, 2.75) is 45.7 Å². The van der Waals surface area contributed by atoms with Crippen LogP contribution in [0, 0.1) is 5.82 Å². The van der Waals surface area contributed by atoms with Gasteiger partial charge < -0.3 is 15.0 Å². The molecule has 0 bridgehead atoms. The molecule has 2 amide bonds. The van der Waals surface area contributed by atoms with E-state index in [0.29, 0.717) is 18.1 Å². The van der Waals surface area contributed by atoms with Crippen LogP contribution in [0.2, 0.25) is 0 Å². The van der Waals surface area contributed by atoms with Crippen molar-refractivity contribution in [1.82, 2.24) is 10.2 Å². The smallest absolute Gasteiger partial charge is 0.261 e. The second kappa shape index (κ2) is 11.1. The highest BCUT2D eigenvalue weighted by Crippen LogP contribution is 2.29. The van der Waals surface area contributed by atoms with Crippen molar-refractivity contribution in [1.29, 1.82) is 0 Å². The van der Waals surface area contributed by atoms with Crippen LogP contribution >= 0.6 is 15.9 Å². The molecule has 0 spiro atoms. The Morgan fingerprint density at radius 2 is 1.83 bits per heavy atom. The molecule has 0 aromatic heterocycles. The van der Waals surface area contributed by atoms with E-state index in [1.165, 1.54) is 24.1 Å². The van der Waals surface area contributed by atoms with Crippen molar-refractivity contribution in [2.75, 3.05) is 13.7 Å². The summed E-state index contributed by atoms with van der Waals surface area (Å²) in [6.45, 7) is 6.01. The Morgan fingerprint density at radius 3 is 2.37 bits per heavy atom. The molecule has 5 nitrogen and oxygen atoms in total. The third-order valence-electron chi connectivity index (χ3n) is 4.87. The highest BCUT2D eigenvalue weighted by Gasteiger charge is 2.28. The Kier molecular flexibility index (Phi) is 8.84. The lowest BCUT2D eigenvalue weighted by Gasteiger charge is -2.30. The third kappa shape index (κ3) is 6.29. The van der Waals surface area contributed by atoms with E-state index in [1.54, 1.807) is 12.1 Å². The summed E-state index contributed by atoms with van der Waals surface area (Å²) in [7, 11) is 1.54. The van der Waals surface area contributed by atoms with E-state index in [9.17, 15) is 14.0 Å². The highest BCUT2D eigenvalue weighted by atomic mass is 79.9. The molecule has 2 aromatic rings. The second-order valence-electron chi connectivity index (χ2n) is 7.32. The molecule has 2 aromatic carbocycles. The number of halogens is 2. The third-order valence-corrected chi connectivity index (χ3v) is 5.49. The minimum absolute atomic E-state index is 0.182. The Labute approximate surface area is 185 Å². The van der Waals surface area contributed by atoms with Crippen LogP contribution in [0.15, 0.2) is 46.9 Å². The summed E-state index contributed by atoms with van der Waals surface area (Å²) in [6, 6.07) is 11.0. The van der Waals surface area contributed by atoms with Gasteiger partial charge in [0.15, 0.2) is 6.61 Å². The Hall–Kier alpha value is -2.41. The molecule has 30 heavy (non-hydrogen) atoms. The van der Waals surface area contributed by atoms with Crippen LogP contribution in [0.5, 0.6) is 5.75 Å². The molecule has 2 rings (SSSR count). The number of amides is 2. The lowest BCUT2D eigenvalue weighted by molar-refractivity contribution is -0.142. The molecule has 7 heteroatoms. The first-order chi connectivity index (χ1) is 14.3. The maximum atomic E-state index is 13.2. The lowest BCUT2D eigenvalue weighted by Crippen LogP contribution is -2.49. The van der Waals surface area contributed by atoms with Crippen molar-refractivity contribution >= 4 is 27.7 Å². The van der Waals surface area contributed by atoms with Crippen LogP contribution in [0.1, 0.15) is 44.2 Å². The average Bonchev–Trinajstić information content (AvgIpc) is 2.73. The number of carbonyl (C=O) groups excluding carboxylic acids is 2. The van der Waals surface area contributed by atoms with Gasteiger partial charge in [0, 0.05) is 13.6 Å². The van der Waals surface area contributed by atoms with Crippen LogP contribution < -0.4 is 10.1 Å². The maximum Gasteiger partial charge on any atom is 0.261 e. The van der Waals surface area contributed by atoms with E-state index in [2.05, 4.69) is 35.1 Å². The molecule has 0 radical (unpaired) electrons. The number of hydrogen-bond donors (Lipinski definition) is 1. The quantitative estimate of drug-likeness (QED) is 0.570. The molecule has 1 atom stereocenters. The summed E-state index contributed by atoms with van der Waals surface area (Å²) < 4.78 is 19.8. The molecule has 0 saturated heterocycles. The van der Waals surface area contributed by atoms with Crippen LogP contribution in [-0.2, 0) is 16.1 Å². The van der Waals surface area contributed by atoms with Gasteiger partial charge in [0.25, 0.3) is 5.91 Å². The van der Waals surface area contributed by atoms with E-state index in [-0.39, 0.29) is 30.8 Å². The van der Waals surface area contributed by atoms with Gasteiger partial charge in [-0.1, -0.05) is 39.0 Å². The van der Waals surface area contributed by atoms with Gasteiger partial charge in [0.2, 0.25) is 5.91 Å². The highest BCUT2D eigenvalue weighted by molar-refractivity contribution is 9.10. The summed E-state index contributed by atoms with van der Waals surface area (Å²) in [5.74, 6) is 0.00145. The largest absolute Gasteiger partial charge is 0.483 e. The first kappa shape index (κ1) is 23.9. The van der Waals surface area contributed by atoms with E-state index in [4.69, 9.17) is 4.74 Å². The molecular formula is C23H28BrFN2O3. The molecule has 0 aliphatic carbocycles. The summed E-state index contributed by atoms with van der Waals surface area (Å²) in [5, 5.41) is 2.60. The van der Waals surface area contributed by atoms with Crippen LogP contribution in [-0.4, -0.2) is 36.4 Å². The fourth-order valence-corrected chi connectivity index (χ4v) is 3.60. The monoisotopic (exact) mass is 478 g/mol. The number of rotatable bonds is 9. The van der Waals surface area contributed by atoms with Gasteiger partial charge in [0.1, 0.15) is 17.6 Å². The van der Waals surface area contributed by atoms with E-state index >= 15 is 0 Å². The molecule has 0 unspecified atom stereocenters. The van der Waals surface area contributed by atoms with Crippen LogP contribution in [0.4, 0.5) is 4.39 Å². The van der Waals surface area contributed by atoms with Gasteiger partial charge in [-0.15, -0.1) is 0 Å². The predicted molar refractivity (Wildman–Crippen MR) is 119 cm³/mol. The minimum Gasteiger partial charge on any atom is -0.483 e. The SMILES string of the molecule is CC[C@H](C(=O)NC)N(Cc1ccc(F)cc1)C(=O)COc1ccc(C(C)C)cc1Br. The Balaban J connectivity index is 2.19. The first-order valence-corrected chi connectivity index (χ1v) is 10.7. The molecule has 0 saturated carbocycles. The number of likely N-dealkylation sites (N-methyl/N-ethyl adjacent to an activating group) is 1.